The summed E-state index contributed by atoms with van der Waals surface area (Å²) in [6.45, 7) is 11.2. The third-order valence-electron chi connectivity index (χ3n) is 7.64. The number of carbonyl (C=O) groups is 5. The number of aliphatic carboxylic acids is 1. The predicted molar refractivity (Wildman–Crippen MR) is 197 cm³/mol. The lowest BCUT2D eigenvalue weighted by molar-refractivity contribution is -0.158. The molecular weight excluding hydrogens is 702 g/mol. The van der Waals surface area contributed by atoms with Crippen LogP contribution in [0.5, 0.6) is 17.2 Å². The number of aromatic hydroxyl groups is 2. The van der Waals surface area contributed by atoms with Crippen LogP contribution in [0.4, 0.5) is 9.59 Å². The van der Waals surface area contributed by atoms with Crippen LogP contribution < -0.4 is 15.4 Å². The van der Waals surface area contributed by atoms with Gasteiger partial charge >= 0.3 is 24.1 Å². The second kappa shape index (κ2) is 17.7. The van der Waals surface area contributed by atoms with E-state index in [1.807, 2.05) is 6.07 Å². The van der Waals surface area contributed by atoms with Crippen molar-refractivity contribution in [3.63, 3.8) is 0 Å². The van der Waals surface area contributed by atoms with Gasteiger partial charge in [0, 0.05) is 24.6 Å². The van der Waals surface area contributed by atoms with E-state index >= 15 is 0 Å². The fraction of sp³-hybridized carbons (Fsp3) is 0.410. The number of phenols is 2. The van der Waals surface area contributed by atoms with Crippen molar-refractivity contribution in [2.75, 3.05) is 14.2 Å². The maximum Gasteiger partial charge on any atom is 0.410 e. The largest absolute Gasteiger partial charge is 0.507 e. The smallest absolute Gasteiger partial charge is 0.410 e. The van der Waals surface area contributed by atoms with Crippen molar-refractivity contribution in [1.29, 1.82) is 0 Å². The molecule has 0 spiro atoms. The molecule has 0 heterocycles. The highest BCUT2D eigenvalue weighted by molar-refractivity contribution is 5.91. The van der Waals surface area contributed by atoms with Gasteiger partial charge in [0.1, 0.15) is 41.7 Å². The Morgan fingerprint density at radius 3 is 2.00 bits per heavy atom. The van der Waals surface area contributed by atoms with Crippen LogP contribution in [0.15, 0.2) is 60.7 Å². The fourth-order valence-electron chi connectivity index (χ4n) is 5.25. The standard InChI is InChI=1S/C39H49N3O12/c1-22(35(48)53-38(2,3)4)40-33(45)31(42(8)37(50)52-21-23-13-11-10-12-14-23)25-15-16-29(43)26(20-25)27-17-24(19-30(44)32(27)51-9)18-28(34(46)47)41-36(49)54-39(5,6)7/h10-17,19-20,22,28,31,43-44H,18,21H2,1-9H3,(H,40,45)(H,41,49)(H,46,47)/t22-,28-,31-/m0/s1. The highest BCUT2D eigenvalue weighted by atomic mass is 16.6. The Kier molecular flexibility index (Phi) is 13.9. The van der Waals surface area contributed by atoms with E-state index in [-0.39, 0.29) is 46.8 Å². The highest BCUT2D eigenvalue weighted by Gasteiger charge is 2.34. The number of alkyl carbamates (subject to hydrolysis) is 1. The molecule has 0 saturated carbocycles. The number of amides is 3. The highest BCUT2D eigenvalue weighted by Crippen LogP contribution is 2.43. The van der Waals surface area contributed by atoms with Crippen molar-refractivity contribution in [3.8, 4) is 28.4 Å². The zero-order valence-electron chi connectivity index (χ0n) is 31.9. The number of likely N-dealkylation sites (N-methyl/N-ethyl adjacent to an activating group) is 1. The number of carbonyl (C=O) groups excluding carboxylic acids is 4. The topological polar surface area (TPSA) is 210 Å². The maximum absolute atomic E-state index is 14.0. The number of hydrogen-bond donors (Lipinski definition) is 5. The number of hydrogen-bond acceptors (Lipinski definition) is 11. The van der Waals surface area contributed by atoms with E-state index in [4.69, 9.17) is 18.9 Å². The Morgan fingerprint density at radius 2 is 1.43 bits per heavy atom. The molecule has 292 valence electrons. The first-order valence-corrected chi connectivity index (χ1v) is 17.0. The zero-order valence-corrected chi connectivity index (χ0v) is 31.9. The molecule has 3 atom stereocenters. The van der Waals surface area contributed by atoms with Crippen LogP contribution in [0.1, 0.15) is 71.2 Å². The Labute approximate surface area is 314 Å². The van der Waals surface area contributed by atoms with Crippen LogP contribution in [0.25, 0.3) is 11.1 Å². The fourth-order valence-corrected chi connectivity index (χ4v) is 5.25. The van der Waals surface area contributed by atoms with Crippen LogP contribution in [0.2, 0.25) is 0 Å². The van der Waals surface area contributed by atoms with Gasteiger partial charge in [0.15, 0.2) is 11.5 Å². The van der Waals surface area contributed by atoms with Gasteiger partial charge in [-0.05, 0) is 89.4 Å². The molecule has 3 amide bonds. The molecule has 0 saturated heterocycles. The summed E-state index contributed by atoms with van der Waals surface area (Å²) >= 11 is 0. The van der Waals surface area contributed by atoms with Gasteiger partial charge in [0.05, 0.1) is 7.11 Å². The van der Waals surface area contributed by atoms with Crippen LogP contribution >= 0.6 is 0 Å². The van der Waals surface area contributed by atoms with E-state index in [0.29, 0.717) is 5.56 Å². The first-order valence-electron chi connectivity index (χ1n) is 17.0. The van der Waals surface area contributed by atoms with Crippen LogP contribution in [-0.2, 0) is 41.6 Å². The SMILES string of the molecule is COc1c(O)cc(C[C@H](NC(=O)OC(C)(C)C)C(=O)O)cc1-c1cc([C@@H](C(=O)N[C@@H](C)C(=O)OC(C)(C)C)N(C)C(=O)OCc2ccccc2)ccc1O. The number of esters is 1. The van der Waals surface area contributed by atoms with Crippen molar-refractivity contribution in [1.82, 2.24) is 15.5 Å². The van der Waals surface area contributed by atoms with E-state index in [1.165, 1.54) is 51.4 Å². The Balaban J connectivity index is 2.08. The monoisotopic (exact) mass is 751 g/mol. The lowest BCUT2D eigenvalue weighted by atomic mass is 9.94. The number of phenolic OH excluding ortho intramolecular Hbond substituents is 2. The summed E-state index contributed by atoms with van der Waals surface area (Å²) in [5.41, 5.74) is -0.549. The summed E-state index contributed by atoms with van der Waals surface area (Å²) in [6.07, 6.45) is -2.16. The van der Waals surface area contributed by atoms with Crippen molar-refractivity contribution >= 4 is 30.0 Å². The number of nitrogens with zero attached hydrogens (tertiary/aromatic N) is 1. The Hall–Kier alpha value is -5.99. The molecule has 54 heavy (non-hydrogen) atoms. The molecule has 3 rings (SSSR count). The molecule has 0 unspecified atom stereocenters. The van der Waals surface area contributed by atoms with Gasteiger partial charge in [0.25, 0.3) is 0 Å². The van der Waals surface area contributed by atoms with E-state index in [0.717, 1.165) is 4.90 Å². The lowest BCUT2D eigenvalue weighted by Gasteiger charge is -2.29. The first-order chi connectivity index (χ1) is 25.1. The molecule has 0 bridgehead atoms. The molecule has 15 heteroatoms. The molecule has 5 N–H and O–H groups in total. The van der Waals surface area contributed by atoms with Crippen LogP contribution in [0.3, 0.4) is 0 Å². The molecule has 0 aliphatic rings. The third kappa shape index (κ3) is 12.0. The summed E-state index contributed by atoms with van der Waals surface area (Å²) in [7, 11) is 2.60. The van der Waals surface area contributed by atoms with Crippen molar-refractivity contribution in [2.45, 2.75) is 90.8 Å². The predicted octanol–water partition coefficient (Wildman–Crippen LogP) is 5.45. The minimum Gasteiger partial charge on any atom is -0.507 e. The number of methoxy groups -OCH3 is 1. The van der Waals surface area contributed by atoms with Gasteiger partial charge in [0.2, 0.25) is 5.91 Å². The van der Waals surface area contributed by atoms with E-state index in [2.05, 4.69) is 10.6 Å². The molecule has 0 radical (unpaired) electrons. The van der Waals surface area contributed by atoms with Crippen LogP contribution in [0, 0.1) is 0 Å². The normalized spacial score (nSPS) is 13.1. The van der Waals surface area contributed by atoms with E-state index in [9.17, 15) is 39.3 Å². The molecule has 15 nitrogen and oxygen atoms in total. The molecular formula is C39H49N3O12. The minimum absolute atomic E-state index is 0.0255. The average Bonchev–Trinajstić information content (AvgIpc) is 3.06. The molecule has 0 aliphatic carbocycles. The first kappa shape index (κ1) is 42.4. The minimum atomic E-state index is -1.48. The number of rotatable bonds is 13. The molecule has 3 aromatic rings. The number of carboxylic acid groups (broad SMARTS) is 1. The van der Waals surface area contributed by atoms with Crippen molar-refractivity contribution in [2.24, 2.45) is 0 Å². The van der Waals surface area contributed by atoms with E-state index < -0.39 is 65.1 Å². The second-order valence-electron chi connectivity index (χ2n) is 14.5. The van der Waals surface area contributed by atoms with Gasteiger partial charge < -0.3 is 44.9 Å². The van der Waals surface area contributed by atoms with Gasteiger partial charge in [-0.25, -0.2) is 19.2 Å². The van der Waals surface area contributed by atoms with Crippen LogP contribution in [-0.4, -0.2) is 87.7 Å². The molecule has 3 aromatic carbocycles. The van der Waals surface area contributed by atoms with E-state index in [1.54, 1.807) is 65.8 Å². The molecule has 0 fully saturated rings. The number of carboxylic acids is 1. The van der Waals surface area contributed by atoms with Gasteiger partial charge in [-0.2, -0.15) is 0 Å². The number of ether oxygens (including phenoxy) is 4. The summed E-state index contributed by atoms with van der Waals surface area (Å²) < 4.78 is 21.6. The van der Waals surface area contributed by atoms with Crippen molar-refractivity contribution < 1.29 is 58.2 Å². The Bertz CT molecular complexity index is 1830. The number of nitrogens with one attached hydrogen (secondary N) is 2. The summed E-state index contributed by atoms with van der Waals surface area (Å²) in [5, 5.41) is 36.9. The third-order valence-corrected chi connectivity index (χ3v) is 7.64. The van der Waals surface area contributed by atoms with Crippen molar-refractivity contribution in [3.05, 3.63) is 77.4 Å². The molecule has 0 aromatic heterocycles. The Morgan fingerprint density at radius 1 is 0.796 bits per heavy atom. The lowest BCUT2D eigenvalue weighted by Crippen LogP contribution is -2.48. The number of benzene rings is 3. The summed E-state index contributed by atoms with van der Waals surface area (Å²) in [6, 6.07) is 11.6. The summed E-state index contributed by atoms with van der Waals surface area (Å²) in [4.78, 5) is 65.7. The molecule has 0 aliphatic heterocycles. The van der Waals surface area contributed by atoms with Gasteiger partial charge in [-0.1, -0.05) is 36.4 Å². The van der Waals surface area contributed by atoms with Gasteiger partial charge in [-0.15, -0.1) is 0 Å². The average molecular weight is 752 g/mol. The zero-order chi connectivity index (χ0) is 40.5. The summed E-state index contributed by atoms with van der Waals surface area (Å²) in [5.74, 6) is -3.73. The maximum atomic E-state index is 14.0. The van der Waals surface area contributed by atoms with Gasteiger partial charge in [-0.3, -0.25) is 9.69 Å². The second-order valence-corrected chi connectivity index (χ2v) is 14.5. The quantitative estimate of drug-likeness (QED) is 0.109.